The van der Waals surface area contributed by atoms with Crippen LogP contribution in [0.25, 0.3) is 0 Å². The molecule has 0 saturated heterocycles. The van der Waals surface area contributed by atoms with Gasteiger partial charge in [-0.05, 0) is 24.8 Å². The average Bonchev–Trinajstić information content (AvgIpc) is 2.94. The van der Waals surface area contributed by atoms with Gasteiger partial charge in [0.2, 0.25) is 5.95 Å². The molecule has 154 valence electrons. The van der Waals surface area contributed by atoms with Crippen molar-refractivity contribution < 1.29 is 13.4 Å². The number of nitrogens with one attached hydrogen (secondary N) is 3. The number of hydrogen-bond acceptors (Lipinski definition) is 5. The Kier molecular flexibility index (Phi) is 5.73. The van der Waals surface area contributed by atoms with Crippen LogP contribution in [0.15, 0.2) is 23.2 Å². The molecule has 10 heteroatoms. The van der Waals surface area contributed by atoms with E-state index in [2.05, 4.69) is 15.0 Å². The van der Waals surface area contributed by atoms with Crippen molar-refractivity contribution >= 4 is 21.5 Å². The standard InChI is InChI=1S/C19H23FN6O2S/c1-4-11(2)15-6-5-14-16(29(22,28)25-15)10-26(3)18(14)19(27)24-12-7-13(9-21)23-17(20)8-12/h7-8,10-11,15H,4-6H2,1-3H3,(H2,22,25,28)(H,23,24,27)/t11-,15?,29?/m0/s1. The largest absolute Gasteiger partial charge is 0.345 e. The van der Waals surface area contributed by atoms with Crippen molar-refractivity contribution in [3.05, 3.63) is 41.2 Å². The van der Waals surface area contributed by atoms with Gasteiger partial charge in [0.15, 0.2) is 0 Å². The topological polar surface area (TPSA) is 124 Å². The highest BCUT2D eigenvalue weighted by atomic mass is 32.2. The van der Waals surface area contributed by atoms with Crippen LogP contribution in [-0.2, 0) is 23.4 Å². The zero-order chi connectivity index (χ0) is 21.3. The van der Waals surface area contributed by atoms with Gasteiger partial charge in [-0.1, -0.05) is 20.3 Å². The number of carbonyl (C=O) groups excluding carboxylic acids is 1. The number of aromatic nitrogens is 2. The molecule has 0 bridgehead atoms. The molecule has 2 unspecified atom stereocenters. The monoisotopic (exact) mass is 418 g/mol. The SMILES string of the molecule is CC[C@H](C)C1CCc2c(cn(C)c2C(=O)Nc2cc(F)nc(C#N)c2)S(=N)(=O)N1. The van der Waals surface area contributed by atoms with Crippen LogP contribution in [0, 0.1) is 28.0 Å². The van der Waals surface area contributed by atoms with Gasteiger partial charge in [0.1, 0.15) is 27.4 Å². The normalized spacial score (nSPS) is 22.2. The summed E-state index contributed by atoms with van der Waals surface area (Å²) in [5.74, 6) is -1.17. The molecule has 1 aliphatic rings. The molecule has 2 aromatic rings. The third kappa shape index (κ3) is 4.16. The molecule has 8 nitrogen and oxygen atoms in total. The quantitative estimate of drug-likeness (QED) is 0.660. The Labute approximate surface area is 169 Å². The molecule has 3 rings (SSSR count). The van der Waals surface area contributed by atoms with Crippen molar-refractivity contribution in [1.82, 2.24) is 14.3 Å². The van der Waals surface area contributed by atoms with Crippen LogP contribution in [0.3, 0.4) is 0 Å². The van der Waals surface area contributed by atoms with E-state index in [1.54, 1.807) is 19.3 Å². The smallest absolute Gasteiger partial charge is 0.272 e. The zero-order valence-corrected chi connectivity index (χ0v) is 17.3. The number of amides is 1. The number of anilines is 1. The molecule has 3 heterocycles. The van der Waals surface area contributed by atoms with Crippen LogP contribution in [0.1, 0.15) is 48.4 Å². The van der Waals surface area contributed by atoms with E-state index < -0.39 is 21.8 Å². The van der Waals surface area contributed by atoms with Crippen LogP contribution in [-0.4, -0.2) is 25.7 Å². The maximum atomic E-state index is 13.6. The summed E-state index contributed by atoms with van der Waals surface area (Å²) >= 11 is 0. The fourth-order valence-electron chi connectivity index (χ4n) is 3.57. The summed E-state index contributed by atoms with van der Waals surface area (Å²) in [5.41, 5.74) is 0.770. The maximum absolute atomic E-state index is 13.6. The summed E-state index contributed by atoms with van der Waals surface area (Å²) in [6, 6.07) is 3.94. The van der Waals surface area contributed by atoms with Gasteiger partial charge in [0, 0.05) is 36.6 Å². The Morgan fingerprint density at radius 1 is 1.59 bits per heavy atom. The Hall–Kier alpha value is -2.77. The third-order valence-electron chi connectivity index (χ3n) is 5.29. The van der Waals surface area contributed by atoms with Gasteiger partial charge in [-0.15, -0.1) is 0 Å². The van der Waals surface area contributed by atoms with Crippen molar-refractivity contribution in [1.29, 1.82) is 10.0 Å². The molecule has 0 fully saturated rings. The summed E-state index contributed by atoms with van der Waals surface area (Å²) in [6.07, 6.45) is 3.56. The van der Waals surface area contributed by atoms with E-state index in [1.165, 1.54) is 10.6 Å². The Bertz CT molecular complexity index is 1100. The van der Waals surface area contributed by atoms with Gasteiger partial charge in [0.05, 0.1) is 4.90 Å². The molecule has 1 amide bonds. The summed E-state index contributed by atoms with van der Waals surface area (Å²) in [4.78, 5) is 16.7. The average molecular weight is 418 g/mol. The predicted molar refractivity (Wildman–Crippen MR) is 106 cm³/mol. The Morgan fingerprint density at radius 2 is 2.31 bits per heavy atom. The van der Waals surface area contributed by atoms with Gasteiger partial charge < -0.3 is 9.88 Å². The number of halogens is 1. The number of carbonyl (C=O) groups is 1. The lowest BCUT2D eigenvalue weighted by atomic mass is 9.94. The van der Waals surface area contributed by atoms with Gasteiger partial charge in [-0.3, -0.25) is 4.79 Å². The summed E-state index contributed by atoms with van der Waals surface area (Å²) in [5, 5.41) is 11.5. The number of nitrogens with zero attached hydrogens (tertiary/aromatic N) is 3. The summed E-state index contributed by atoms with van der Waals surface area (Å²) < 4.78 is 39.5. The van der Waals surface area contributed by atoms with Crippen LogP contribution < -0.4 is 10.0 Å². The van der Waals surface area contributed by atoms with Crippen molar-refractivity contribution in [2.75, 3.05) is 5.32 Å². The highest BCUT2D eigenvalue weighted by Crippen LogP contribution is 2.30. The number of nitriles is 1. The number of rotatable bonds is 4. The summed E-state index contributed by atoms with van der Waals surface area (Å²) in [7, 11) is -1.63. The third-order valence-corrected chi connectivity index (χ3v) is 6.90. The van der Waals surface area contributed by atoms with E-state index in [-0.39, 0.29) is 29.0 Å². The zero-order valence-electron chi connectivity index (χ0n) is 16.5. The van der Waals surface area contributed by atoms with Crippen molar-refractivity contribution in [3.63, 3.8) is 0 Å². The van der Waals surface area contributed by atoms with Crippen molar-refractivity contribution in [2.45, 2.75) is 44.0 Å². The van der Waals surface area contributed by atoms with Gasteiger partial charge in [-0.25, -0.2) is 18.7 Å². The lowest BCUT2D eigenvalue weighted by Gasteiger charge is -2.22. The van der Waals surface area contributed by atoms with E-state index in [0.29, 0.717) is 23.3 Å². The lowest BCUT2D eigenvalue weighted by Crippen LogP contribution is -2.37. The molecular weight excluding hydrogens is 395 g/mol. The second-order valence-corrected chi connectivity index (χ2v) is 9.05. The van der Waals surface area contributed by atoms with Crippen molar-refractivity contribution in [3.8, 4) is 6.07 Å². The summed E-state index contributed by atoms with van der Waals surface area (Å²) in [6.45, 7) is 4.08. The second kappa shape index (κ2) is 7.93. The number of fused-ring (bicyclic) bond motifs is 1. The molecule has 3 atom stereocenters. The highest BCUT2D eigenvalue weighted by molar-refractivity contribution is 7.90. The van der Waals surface area contributed by atoms with Gasteiger partial charge in [-0.2, -0.15) is 9.65 Å². The number of aryl methyl sites for hydroxylation is 1. The first kappa shape index (κ1) is 21.0. The first-order valence-electron chi connectivity index (χ1n) is 9.29. The predicted octanol–water partition coefficient (Wildman–Crippen LogP) is 2.95. The minimum atomic E-state index is -3.27. The fraction of sp³-hybridized carbons (Fsp3) is 0.421. The molecule has 0 saturated carbocycles. The van der Waals surface area contributed by atoms with Crippen LogP contribution >= 0.6 is 0 Å². The lowest BCUT2D eigenvalue weighted by molar-refractivity contribution is 0.101. The van der Waals surface area contributed by atoms with Gasteiger partial charge in [0.25, 0.3) is 5.91 Å². The van der Waals surface area contributed by atoms with Crippen LogP contribution in [0.5, 0.6) is 0 Å². The minimum Gasteiger partial charge on any atom is -0.345 e. The molecule has 0 aliphatic carbocycles. The maximum Gasteiger partial charge on any atom is 0.272 e. The molecule has 1 aliphatic heterocycles. The van der Waals surface area contributed by atoms with E-state index in [1.807, 2.05) is 13.8 Å². The first-order chi connectivity index (χ1) is 13.7. The molecule has 3 N–H and O–H groups in total. The van der Waals surface area contributed by atoms with E-state index in [9.17, 15) is 13.4 Å². The molecule has 0 radical (unpaired) electrons. The van der Waals surface area contributed by atoms with E-state index in [0.717, 1.165) is 12.5 Å². The fourth-order valence-corrected chi connectivity index (χ4v) is 5.33. The first-order valence-corrected chi connectivity index (χ1v) is 10.8. The van der Waals surface area contributed by atoms with E-state index >= 15 is 0 Å². The molecule has 29 heavy (non-hydrogen) atoms. The van der Waals surface area contributed by atoms with Gasteiger partial charge >= 0.3 is 0 Å². The molecule has 2 aromatic heterocycles. The van der Waals surface area contributed by atoms with Crippen LogP contribution in [0.2, 0.25) is 0 Å². The second-order valence-electron chi connectivity index (χ2n) is 7.27. The Morgan fingerprint density at radius 3 is 2.97 bits per heavy atom. The molecule has 0 spiro atoms. The Balaban J connectivity index is 1.97. The minimum absolute atomic E-state index is 0.0916. The number of hydrogen-bond donors (Lipinski definition) is 3. The van der Waals surface area contributed by atoms with E-state index in [4.69, 9.17) is 10.0 Å². The van der Waals surface area contributed by atoms with Crippen molar-refractivity contribution in [2.24, 2.45) is 13.0 Å². The van der Waals surface area contributed by atoms with Crippen LogP contribution in [0.4, 0.5) is 10.1 Å². The molecule has 0 aromatic carbocycles. The highest BCUT2D eigenvalue weighted by Gasteiger charge is 2.32. The molecular formula is C19H23FN6O2S. The number of pyridine rings is 1.